The molecule has 1 heterocycles. The summed E-state index contributed by atoms with van der Waals surface area (Å²) in [6, 6.07) is 9.31. The number of hydrogen-bond acceptors (Lipinski definition) is 2. The van der Waals surface area contributed by atoms with Gasteiger partial charge in [-0.1, -0.05) is 31.0 Å². The fraction of sp³-hybridized carbons (Fsp3) is 0.500. The summed E-state index contributed by atoms with van der Waals surface area (Å²) in [5.74, 6) is 0.0477. The summed E-state index contributed by atoms with van der Waals surface area (Å²) in [5, 5.41) is 9.39. The van der Waals surface area contributed by atoms with E-state index in [-0.39, 0.29) is 18.6 Å². The molecule has 1 aliphatic heterocycles. The fourth-order valence-corrected chi connectivity index (χ4v) is 2.38. The number of nitrogens with zero attached hydrogens (tertiary/aromatic N) is 1. The molecule has 0 spiro atoms. The summed E-state index contributed by atoms with van der Waals surface area (Å²) < 4.78 is 0. The van der Waals surface area contributed by atoms with E-state index in [0.717, 1.165) is 32.2 Å². The van der Waals surface area contributed by atoms with E-state index < -0.39 is 0 Å². The van der Waals surface area contributed by atoms with Gasteiger partial charge in [-0.2, -0.15) is 0 Å². The molecule has 3 heteroatoms. The molecule has 0 saturated carbocycles. The number of amides is 1. The van der Waals surface area contributed by atoms with E-state index in [1.54, 1.807) is 0 Å². The van der Waals surface area contributed by atoms with Gasteiger partial charge in [-0.25, -0.2) is 0 Å². The summed E-state index contributed by atoms with van der Waals surface area (Å²) in [5.41, 5.74) is 0.716. The predicted octanol–water partition coefficient (Wildman–Crippen LogP) is 2.06. The summed E-state index contributed by atoms with van der Waals surface area (Å²) in [6.45, 7) is 0.831. The Morgan fingerprint density at radius 3 is 2.71 bits per heavy atom. The third-order valence-electron chi connectivity index (χ3n) is 3.37. The maximum Gasteiger partial charge on any atom is 0.254 e. The molecule has 1 aliphatic rings. The topological polar surface area (TPSA) is 40.5 Å². The van der Waals surface area contributed by atoms with Gasteiger partial charge in [0.15, 0.2) is 0 Å². The Morgan fingerprint density at radius 1 is 1.24 bits per heavy atom. The first-order valence-corrected chi connectivity index (χ1v) is 6.30. The first-order valence-electron chi connectivity index (χ1n) is 6.30. The molecular formula is C14H19NO2. The molecule has 1 fully saturated rings. The van der Waals surface area contributed by atoms with E-state index in [4.69, 9.17) is 0 Å². The Bertz CT molecular complexity index is 364. The minimum Gasteiger partial charge on any atom is -0.394 e. The number of benzene rings is 1. The van der Waals surface area contributed by atoms with Crippen LogP contribution in [0.25, 0.3) is 0 Å². The van der Waals surface area contributed by atoms with Crippen molar-refractivity contribution < 1.29 is 9.90 Å². The smallest absolute Gasteiger partial charge is 0.254 e. The Labute approximate surface area is 102 Å². The standard InChI is InChI=1S/C14H19NO2/c16-11-13-9-5-2-6-10-15(13)14(17)12-7-3-1-4-8-12/h1,3-4,7-8,13,16H,2,5-6,9-11H2. The number of carbonyl (C=O) groups excluding carboxylic acids is 1. The highest BCUT2D eigenvalue weighted by molar-refractivity contribution is 5.94. The monoisotopic (exact) mass is 233 g/mol. The molecule has 2 rings (SSSR count). The molecule has 1 aromatic carbocycles. The highest BCUT2D eigenvalue weighted by Crippen LogP contribution is 2.18. The van der Waals surface area contributed by atoms with E-state index in [9.17, 15) is 9.90 Å². The van der Waals surface area contributed by atoms with Crippen LogP contribution in [0.5, 0.6) is 0 Å². The van der Waals surface area contributed by atoms with Crippen LogP contribution in [0.2, 0.25) is 0 Å². The number of aliphatic hydroxyl groups is 1. The van der Waals surface area contributed by atoms with Crippen LogP contribution in [0.1, 0.15) is 36.0 Å². The van der Waals surface area contributed by atoms with Gasteiger partial charge >= 0.3 is 0 Å². The second-order valence-electron chi connectivity index (χ2n) is 4.55. The van der Waals surface area contributed by atoms with E-state index in [2.05, 4.69) is 0 Å². The number of rotatable bonds is 2. The summed E-state index contributed by atoms with van der Waals surface area (Å²) in [7, 11) is 0. The second-order valence-corrected chi connectivity index (χ2v) is 4.55. The van der Waals surface area contributed by atoms with E-state index >= 15 is 0 Å². The SMILES string of the molecule is O=C(c1ccccc1)N1CCCCCC1CO. The number of carbonyl (C=O) groups is 1. The molecule has 1 atom stereocenters. The maximum absolute atomic E-state index is 12.3. The lowest BCUT2D eigenvalue weighted by Crippen LogP contribution is -2.42. The molecule has 1 unspecified atom stereocenters. The van der Waals surface area contributed by atoms with Crippen molar-refractivity contribution in [3.8, 4) is 0 Å². The predicted molar refractivity (Wildman–Crippen MR) is 66.8 cm³/mol. The first kappa shape index (κ1) is 12.1. The molecule has 3 nitrogen and oxygen atoms in total. The van der Waals surface area contributed by atoms with Gasteiger partial charge in [0, 0.05) is 12.1 Å². The number of likely N-dealkylation sites (tertiary alicyclic amines) is 1. The van der Waals surface area contributed by atoms with Crippen molar-refractivity contribution in [2.24, 2.45) is 0 Å². The van der Waals surface area contributed by atoms with Gasteiger partial charge in [0.05, 0.1) is 12.6 Å². The van der Waals surface area contributed by atoms with Crippen molar-refractivity contribution >= 4 is 5.91 Å². The van der Waals surface area contributed by atoms with Crippen LogP contribution >= 0.6 is 0 Å². The molecular weight excluding hydrogens is 214 g/mol. The van der Waals surface area contributed by atoms with Crippen LogP contribution in [0.3, 0.4) is 0 Å². The van der Waals surface area contributed by atoms with Gasteiger partial charge in [-0.05, 0) is 25.0 Å². The minimum absolute atomic E-state index is 0.00907. The lowest BCUT2D eigenvalue weighted by molar-refractivity contribution is 0.0600. The van der Waals surface area contributed by atoms with Crippen molar-refractivity contribution in [2.45, 2.75) is 31.7 Å². The van der Waals surface area contributed by atoms with E-state index in [1.807, 2.05) is 35.2 Å². The van der Waals surface area contributed by atoms with E-state index in [0.29, 0.717) is 5.56 Å². The maximum atomic E-state index is 12.3. The largest absolute Gasteiger partial charge is 0.394 e. The molecule has 92 valence electrons. The molecule has 17 heavy (non-hydrogen) atoms. The Kier molecular flexibility index (Phi) is 4.15. The van der Waals surface area contributed by atoms with Gasteiger partial charge in [-0.15, -0.1) is 0 Å². The van der Waals surface area contributed by atoms with Crippen LogP contribution in [0, 0.1) is 0 Å². The minimum atomic E-state index is -0.00907. The highest BCUT2D eigenvalue weighted by Gasteiger charge is 2.25. The molecule has 0 aliphatic carbocycles. The molecule has 1 amide bonds. The van der Waals surface area contributed by atoms with Crippen molar-refractivity contribution in [3.63, 3.8) is 0 Å². The third kappa shape index (κ3) is 2.86. The number of hydrogen-bond donors (Lipinski definition) is 1. The third-order valence-corrected chi connectivity index (χ3v) is 3.37. The van der Waals surface area contributed by atoms with Crippen LogP contribution < -0.4 is 0 Å². The van der Waals surface area contributed by atoms with Crippen molar-refractivity contribution in [1.29, 1.82) is 0 Å². The summed E-state index contributed by atoms with van der Waals surface area (Å²) >= 11 is 0. The zero-order valence-electron chi connectivity index (χ0n) is 10.0. The normalized spacial score (nSPS) is 21.0. The average Bonchev–Trinajstić information content (AvgIpc) is 2.64. The average molecular weight is 233 g/mol. The van der Waals surface area contributed by atoms with Gasteiger partial charge in [0.1, 0.15) is 0 Å². The summed E-state index contributed by atoms with van der Waals surface area (Å²) in [6.07, 6.45) is 4.20. The molecule has 1 saturated heterocycles. The lowest BCUT2D eigenvalue weighted by atomic mass is 10.1. The van der Waals surface area contributed by atoms with Gasteiger partial charge in [-0.3, -0.25) is 4.79 Å². The van der Waals surface area contributed by atoms with Crippen LogP contribution in [0.4, 0.5) is 0 Å². The Balaban J connectivity index is 2.16. The van der Waals surface area contributed by atoms with Crippen molar-refractivity contribution in [2.75, 3.05) is 13.2 Å². The second kappa shape index (κ2) is 5.82. The van der Waals surface area contributed by atoms with Gasteiger partial charge in [0.25, 0.3) is 5.91 Å². The highest BCUT2D eigenvalue weighted by atomic mass is 16.3. The Morgan fingerprint density at radius 2 is 2.00 bits per heavy atom. The fourth-order valence-electron chi connectivity index (χ4n) is 2.38. The zero-order valence-corrected chi connectivity index (χ0v) is 10.0. The first-order chi connectivity index (χ1) is 8.33. The Hall–Kier alpha value is -1.35. The van der Waals surface area contributed by atoms with Crippen LogP contribution in [-0.2, 0) is 0 Å². The molecule has 0 bridgehead atoms. The van der Waals surface area contributed by atoms with E-state index in [1.165, 1.54) is 0 Å². The molecule has 1 aromatic rings. The summed E-state index contributed by atoms with van der Waals surface area (Å²) in [4.78, 5) is 14.2. The lowest BCUT2D eigenvalue weighted by Gasteiger charge is -2.28. The molecule has 1 N–H and O–H groups in total. The zero-order chi connectivity index (χ0) is 12.1. The van der Waals surface area contributed by atoms with Crippen LogP contribution in [0.15, 0.2) is 30.3 Å². The van der Waals surface area contributed by atoms with Crippen molar-refractivity contribution in [3.05, 3.63) is 35.9 Å². The molecule has 0 aromatic heterocycles. The van der Waals surface area contributed by atoms with Gasteiger partial charge < -0.3 is 10.0 Å². The van der Waals surface area contributed by atoms with Crippen molar-refractivity contribution in [1.82, 2.24) is 4.90 Å². The van der Waals surface area contributed by atoms with Crippen LogP contribution in [-0.4, -0.2) is 35.1 Å². The molecule has 0 radical (unpaired) electrons. The quantitative estimate of drug-likeness (QED) is 0.849. The number of aliphatic hydroxyl groups excluding tert-OH is 1. The van der Waals surface area contributed by atoms with Gasteiger partial charge in [0.2, 0.25) is 0 Å².